The lowest BCUT2D eigenvalue weighted by atomic mass is 9.94. The molecule has 0 bridgehead atoms. The molecule has 1 saturated heterocycles. The highest BCUT2D eigenvalue weighted by atomic mass is 16.5. The van der Waals surface area contributed by atoms with Gasteiger partial charge in [-0.15, -0.1) is 0 Å². The number of amides is 2. The number of nitrogens with one attached hydrogen (secondary N) is 1. The topological polar surface area (TPSA) is 58.6 Å². The minimum absolute atomic E-state index is 0.00367. The van der Waals surface area contributed by atoms with Gasteiger partial charge in [0.25, 0.3) is 0 Å². The Bertz CT molecular complexity index is 363. The summed E-state index contributed by atoms with van der Waals surface area (Å²) in [7, 11) is 0. The zero-order valence-corrected chi connectivity index (χ0v) is 13.5. The molecule has 1 heterocycles. The van der Waals surface area contributed by atoms with Gasteiger partial charge < -0.3 is 15.0 Å². The molecule has 0 radical (unpaired) electrons. The van der Waals surface area contributed by atoms with Gasteiger partial charge in [0, 0.05) is 6.54 Å². The van der Waals surface area contributed by atoms with E-state index in [9.17, 15) is 9.59 Å². The van der Waals surface area contributed by atoms with Crippen LogP contribution < -0.4 is 5.32 Å². The second-order valence-corrected chi connectivity index (χ2v) is 6.54. The van der Waals surface area contributed by atoms with Gasteiger partial charge in [-0.3, -0.25) is 9.59 Å². The summed E-state index contributed by atoms with van der Waals surface area (Å²) in [5.41, 5.74) is -0.236. The molecule has 0 aromatic rings. The van der Waals surface area contributed by atoms with Gasteiger partial charge in [-0.2, -0.15) is 0 Å². The molecule has 0 spiro atoms. The first kappa shape index (κ1) is 17.0. The molecule has 0 aliphatic carbocycles. The Morgan fingerprint density at radius 3 is 2.45 bits per heavy atom. The second kappa shape index (κ2) is 6.57. The van der Waals surface area contributed by atoms with E-state index in [2.05, 4.69) is 5.32 Å². The lowest BCUT2D eigenvalue weighted by Gasteiger charge is -2.39. The van der Waals surface area contributed by atoms with Gasteiger partial charge in [0.05, 0.1) is 12.2 Å². The number of hydrogen-bond acceptors (Lipinski definition) is 3. The van der Waals surface area contributed by atoms with E-state index in [4.69, 9.17) is 4.74 Å². The maximum absolute atomic E-state index is 12.5. The van der Waals surface area contributed by atoms with Crippen molar-refractivity contribution in [1.29, 1.82) is 0 Å². The van der Waals surface area contributed by atoms with Crippen LogP contribution in [-0.4, -0.2) is 47.6 Å². The fraction of sp³-hybridized carbons (Fsp3) is 0.867. The van der Waals surface area contributed by atoms with Crippen molar-refractivity contribution < 1.29 is 14.3 Å². The minimum atomic E-state index is -0.425. The van der Waals surface area contributed by atoms with E-state index in [0.717, 1.165) is 6.42 Å². The standard InChI is InChI=1S/C15H28N2O3/c1-7-10(2)12-14(19)17(11(3)13(18)16-12)8-9-20-15(4,5)6/h10-12H,7-9H2,1-6H3,(H,16,18). The van der Waals surface area contributed by atoms with Gasteiger partial charge in [-0.05, 0) is 33.6 Å². The summed E-state index contributed by atoms with van der Waals surface area (Å²) in [5, 5.41) is 2.83. The van der Waals surface area contributed by atoms with E-state index in [1.165, 1.54) is 0 Å². The Morgan fingerprint density at radius 1 is 1.35 bits per heavy atom. The van der Waals surface area contributed by atoms with Crippen LogP contribution in [0.15, 0.2) is 0 Å². The quantitative estimate of drug-likeness (QED) is 0.833. The molecule has 1 aliphatic heterocycles. The number of ether oxygens (including phenoxy) is 1. The van der Waals surface area contributed by atoms with Gasteiger partial charge in [0.15, 0.2) is 0 Å². The molecular weight excluding hydrogens is 256 g/mol. The van der Waals surface area contributed by atoms with Crippen molar-refractivity contribution in [3.05, 3.63) is 0 Å². The third-order valence-electron chi connectivity index (χ3n) is 3.77. The normalized spacial score (nSPS) is 25.6. The van der Waals surface area contributed by atoms with E-state index in [-0.39, 0.29) is 23.3 Å². The summed E-state index contributed by atoms with van der Waals surface area (Å²) in [6.45, 7) is 12.6. The number of carbonyl (C=O) groups excluding carboxylic acids is 2. The first-order valence-corrected chi connectivity index (χ1v) is 7.42. The minimum Gasteiger partial charge on any atom is -0.374 e. The molecule has 1 N–H and O–H groups in total. The average molecular weight is 284 g/mol. The summed E-state index contributed by atoms with van der Waals surface area (Å²) in [4.78, 5) is 26.1. The van der Waals surface area contributed by atoms with Crippen LogP contribution in [0.4, 0.5) is 0 Å². The molecule has 0 aromatic carbocycles. The van der Waals surface area contributed by atoms with Gasteiger partial charge in [0.2, 0.25) is 11.8 Å². The Morgan fingerprint density at radius 2 is 1.95 bits per heavy atom. The number of hydrogen-bond donors (Lipinski definition) is 1. The summed E-state index contributed by atoms with van der Waals surface area (Å²) >= 11 is 0. The van der Waals surface area contributed by atoms with Crippen molar-refractivity contribution >= 4 is 11.8 Å². The smallest absolute Gasteiger partial charge is 0.246 e. The van der Waals surface area contributed by atoms with Crippen molar-refractivity contribution in [3.63, 3.8) is 0 Å². The van der Waals surface area contributed by atoms with E-state index >= 15 is 0 Å². The van der Waals surface area contributed by atoms with Gasteiger partial charge in [-0.25, -0.2) is 0 Å². The van der Waals surface area contributed by atoms with Gasteiger partial charge in [-0.1, -0.05) is 20.3 Å². The molecule has 5 heteroatoms. The zero-order chi connectivity index (χ0) is 15.5. The first-order chi connectivity index (χ1) is 9.17. The summed E-state index contributed by atoms with van der Waals surface area (Å²) in [6.07, 6.45) is 0.859. The molecule has 1 aliphatic rings. The third-order valence-corrected chi connectivity index (χ3v) is 3.77. The van der Waals surface area contributed by atoms with Crippen LogP contribution in [0.5, 0.6) is 0 Å². The monoisotopic (exact) mass is 284 g/mol. The summed E-state index contributed by atoms with van der Waals surface area (Å²) in [5.74, 6) is 0.0691. The van der Waals surface area contributed by atoms with E-state index in [1.54, 1.807) is 11.8 Å². The van der Waals surface area contributed by atoms with Gasteiger partial charge >= 0.3 is 0 Å². The largest absolute Gasteiger partial charge is 0.374 e. The number of rotatable bonds is 5. The van der Waals surface area contributed by atoms with Crippen molar-refractivity contribution in [2.75, 3.05) is 13.2 Å². The van der Waals surface area contributed by atoms with Crippen molar-refractivity contribution in [2.45, 2.75) is 65.6 Å². The Hall–Kier alpha value is -1.10. The number of nitrogens with zero attached hydrogens (tertiary/aromatic N) is 1. The molecule has 20 heavy (non-hydrogen) atoms. The molecule has 2 amide bonds. The van der Waals surface area contributed by atoms with Crippen LogP contribution in [0, 0.1) is 5.92 Å². The van der Waals surface area contributed by atoms with Crippen LogP contribution in [0.2, 0.25) is 0 Å². The van der Waals surface area contributed by atoms with Crippen molar-refractivity contribution in [2.24, 2.45) is 5.92 Å². The molecule has 1 rings (SSSR count). The van der Waals surface area contributed by atoms with E-state index in [0.29, 0.717) is 13.2 Å². The predicted molar refractivity (Wildman–Crippen MR) is 78.3 cm³/mol. The Balaban J connectivity index is 2.70. The molecular formula is C15H28N2O3. The molecule has 1 fully saturated rings. The zero-order valence-electron chi connectivity index (χ0n) is 13.5. The van der Waals surface area contributed by atoms with Crippen LogP contribution >= 0.6 is 0 Å². The third kappa shape index (κ3) is 4.20. The van der Waals surface area contributed by atoms with Crippen molar-refractivity contribution in [3.8, 4) is 0 Å². The van der Waals surface area contributed by atoms with E-state index < -0.39 is 12.1 Å². The summed E-state index contributed by atoms with van der Waals surface area (Å²) in [6, 6.07) is -0.829. The van der Waals surface area contributed by atoms with Crippen LogP contribution in [0.1, 0.15) is 48.0 Å². The predicted octanol–water partition coefficient (Wildman–Crippen LogP) is 1.56. The SMILES string of the molecule is CCC(C)C1NC(=O)C(C)N(CCOC(C)(C)C)C1=O. The average Bonchev–Trinajstić information content (AvgIpc) is 2.35. The highest BCUT2D eigenvalue weighted by molar-refractivity contribution is 5.96. The van der Waals surface area contributed by atoms with E-state index in [1.807, 2.05) is 34.6 Å². The molecule has 3 unspecified atom stereocenters. The molecule has 5 nitrogen and oxygen atoms in total. The Labute approximate surface area is 122 Å². The highest BCUT2D eigenvalue weighted by Crippen LogP contribution is 2.18. The van der Waals surface area contributed by atoms with Crippen LogP contribution in [0.25, 0.3) is 0 Å². The fourth-order valence-electron chi connectivity index (χ4n) is 2.22. The molecule has 0 saturated carbocycles. The lowest BCUT2D eigenvalue weighted by molar-refractivity contribution is -0.151. The molecule has 3 atom stereocenters. The van der Waals surface area contributed by atoms with Crippen molar-refractivity contribution in [1.82, 2.24) is 10.2 Å². The lowest BCUT2D eigenvalue weighted by Crippen LogP contribution is -2.64. The maximum atomic E-state index is 12.5. The number of piperazine rings is 1. The molecule has 116 valence electrons. The fourth-order valence-corrected chi connectivity index (χ4v) is 2.22. The number of carbonyl (C=O) groups is 2. The summed E-state index contributed by atoms with van der Waals surface area (Å²) < 4.78 is 5.66. The highest BCUT2D eigenvalue weighted by Gasteiger charge is 2.39. The maximum Gasteiger partial charge on any atom is 0.246 e. The van der Waals surface area contributed by atoms with Gasteiger partial charge in [0.1, 0.15) is 12.1 Å². The van der Waals surface area contributed by atoms with Crippen LogP contribution in [-0.2, 0) is 14.3 Å². The Kier molecular flexibility index (Phi) is 5.57. The second-order valence-electron chi connectivity index (χ2n) is 6.54. The first-order valence-electron chi connectivity index (χ1n) is 7.42. The van der Waals surface area contributed by atoms with Crippen LogP contribution in [0.3, 0.4) is 0 Å². The molecule has 0 aromatic heterocycles.